The van der Waals surface area contributed by atoms with Gasteiger partial charge >= 0.3 is 0 Å². The van der Waals surface area contributed by atoms with Crippen molar-refractivity contribution in [2.75, 3.05) is 5.32 Å². The van der Waals surface area contributed by atoms with E-state index in [0.29, 0.717) is 31.3 Å². The quantitative estimate of drug-likeness (QED) is 0.273. The summed E-state index contributed by atoms with van der Waals surface area (Å²) < 4.78 is 1.71. The van der Waals surface area contributed by atoms with Crippen LogP contribution in [0.4, 0.5) is 5.69 Å². The van der Waals surface area contributed by atoms with Crippen LogP contribution in [0, 0.1) is 0 Å². The molecule has 0 fully saturated rings. The molecule has 3 aromatic carbocycles. The number of anilines is 1. The van der Waals surface area contributed by atoms with E-state index in [1.54, 1.807) is 30.3 Å². The summed E-state index contributed by atoms with van der Waals surface area (Å²) >= 11 is 22.9. The maximum absolute atomic E-state index is 12.5. The van der Waals surface area contributed by atoms with Crippen molar-refractivity contribution in [2.45, 2.75) is 0 Å². The molecule has 9 heteroatoms. The molecule has 1 aromatic heterocycles. The van der Waals surface area contributed by atoms with Crippen LogP contribution in [0.3, 0.4) is 0 Å². The molecule has 150 valence electrons. The summed E-state index contributed by atoms with van der Waals surface area (Å²) in [5.74, 6) is -0.341. The number of hydrogen-bond acceptors (Lipinski definition) is 4. The third kappa shape index (κ3) is 4.50. The van der Waals surface area contributed by atoms with Crippen molar-refractivity contribution in [1.29, 1.82) is 0 Å². The highest BCUT2D eigenvalue weighted by Crippen LogP contribution is 2.40. The fraction of sp³-hybridized carbons (Fsp3) is 0. The molecule has 0 bridgehead atoms. The number of amides is 1. The molecule has 0 aliphatic rings. The first-order valence-corrected chi connectivity index (χ1v) is 11.4. The average molecular weight is 537 g/mol. The molecule has 0 atom stereocenters. The Kier molecular flexibility index (Phi) is 6.36. The lowest BCUT2D eigenvalue weighted by atomic mass is 10.2. The standard InChI is InChI=1S/C21H12BrCl2N3OS2/c22-14-6-2-1-5-12(14)19(28)27-21(29)26-18-13(9-11(23)10-15(18)24)20-25-16-7-3-4-8-17(16)30-20/h1-10H,(H2,26,27,28,29). The van der Waals surface area contributed by atoms with Gasteiger partial charge in [0.15, 0.2) is 5.11 Å². The minimum atomic E-state index is -0.341. The Hall–Kier alpha value is -2.03. The number of carbonyl (C=O) groups is 1. The van der Waals surface area contributed by atoms with Crippen LogP contribution in [-0.4, -0.2) is 16.0 Å². The highest BCUT2D eigenvalue weighted by atomic mass is 79.9. The summed E-state index contributed by atoms with van der Waals surface area (Å²) in [6.45, 7) is 0. The number of nitrogens with one attached hydrogen (secondary N) is 2. The number of thiocarbonyl (C=S) groups is 1. The SMILES string of the molecule is O=C(NC(=S)Nc1c(Cl)cc(Cl)cc1-c1nc2ccccc2s1)c1ccccc1Br. The largest absolute Gasteiger partial charge is 0.331 e. The van der Waals surface area contributed by atoms with E-state index in [0.717, 1.165) is 15.2 Å². The zero-order valence-electron chi connectivity index (χ0n) is 15.1. The number of thiazole rings is 1. The molecule has 2 N–H and O–H groups in total. The van der Waals surface area contributed by atoms with Crippen molar-refractivity contribution < 1.29 is 4.79 Å². The van der Waals surface area contributed by atoms with E-state index < -0.39 is 0 Å². The van der Waals surface area contributed by atoms with E-state index in [9.17, 15) is 4.79 Å². The topological polar surface area (TPSA) is 54.0 Å². The Bertz CT molecular complexity index is 1260. The lowest BCUT2D eigenvalue weighted by Crippen LogP contribution is -2.34. The van der Waals surface area contributed by atoms with Gasteiger partial charge in [-0.05, 0) is 64.5 Å². The normalized spacial score (nSPS) is 10.8. The first-order chi connectivity index (χ1) is 14.4. The van der Waals surface area contributed by atoms with Gasteiger partial charge in [-0.2, -0.15) is 0 Å². The van der Waals surface area contributed by atoms with E-state index in [1.165, 1.54) is 11.3 Å². The van der Waals surface area contributed by atoms with E-state index in [4.69, 9.17) is 35.4 Å². The third-order valence-corrected chi connectivity index (χ3v) is 6.64. The minimum absolute atomic E-state index is 0.113. The second-order valence-electron chi connectivity index (χ2n) is 6.19. The Morgan fingerprint density at radius 1 is 1.07 bits per heavy atom. The van der Waals surface area contributed by atoms with Gasteiger partial charge in [0, 0.05) is 15.1 Å². The van der Waals surface area contributed by atoms with Crippen molar-refractivity contribution in [1.82, 2.24) is 10.3 Å². The van der Waals surface area contributed by atoms with Gasteiger partial charge < -0.3 is 5.32 Å². The van der Waals surface area contributed by atoms with Gasteiger partial charge in [-0.3, -0.25) is 10.1 Å². The van der Waals surface area contributed by atoms with Crippen molar-refractivity contribution in [2.24, 2.45) is 0 Å². The second-order valence-corrected chi connectivity index (χ2v) is 9.32. The van der Waals surface area contributed by atoms with Crippen LogP contribution < -0.4 is 10.6 Å². The number of carbonyl (C=O) groups excluding carboxylic acids is 1. The molecule has 0 aliphatic heterocycles. The Balaban J connectivity index is 1.65. The van der Waals surface area contributed by atoms with Gasteiger partial charge in [-0.1, -0.05) is 47.5 Å². The molecule has 0 saturated carbocycles. The first-order valence-electron chi connectivity index (χ1n) is 8.64. The molecule has 0 spiro atoms. The monoisotopic (exact) mass is 535 g/mol. The first kappa shape index (κ1) is 21.2. The van der Waals surface area contributed by atoms with E-state index >= 15 is 0 Å². The van der Waals surface area contributed by atoms with Gasteiger partial charge in [0.1, 0.15) is 5.01 Å². The number of para-hydroxylation sites is 1. The predicted molar refractivity (Wildman–Crippen MR) is 133 cm³/mol. The fourth-order valence-electron chi connectivity index (χ4n) is 2.82. The van der Waals surface area contributed by atoms with Gasteiger partial charge in [0.2, 0.25) is 0 Å². The molecule has 0 saturated heterocycles. The summed E-state index contributed by atoms with van der Waals surface area (Å²) in [6, 6.07) is 18.3. The minimum Gasteiger partial charge on any atom is -0.331 e. The Morgan fingerprint density at radius 3 is 2.57 bits per heavy atom. The summed E-state index contributed by atoms with van der Waals surface area (Å²) in [5.41, 5.74) is 2.57. The molecule has 4 aromatic rings. The van der Waals surface area contributed by atoms with Crippen molar-refractivity contribution in [3.8, 4) is 10.6 Å². The van der Waals surface area contributed by atoms with Crippen LogP contribution >= 0.6 is 62.7 Å². The lowest BCUT2D eigenvalue weighted by molar-refractivity contribution is 0.0977. The number of nitrogens with zero attached hydrogens (tertiary/aromatic N) is 1. The molecular formula is C21H12BrCl2N3OS2. The Morgan fingerprint density at radius 2 is 1.80 bits per heavy atom. The third-order valence-electron chi connectivity index (χ3n) is 4.16. The molecule has 1 amide bonds. The van der Waals surface area contributed by atoms with Crippen LogP contribution in [0.5, 0.6) is 0 Å². The summed E-state index contributed by atoms with van der Waals surface area (Å²) in [6.07, 6.45) is 0. The van der Waals surface area contributed by atoms with Crippen molar-refractivity contribution in [3.05, 3.63) is 80.7 Å². The zero-order chi connectivity index (χ0) is 21.3. The highest BCUT2D eigenvalue weighted by molar-refractivity contribution is 9.10. The molecule has 4 rings (SSSR count). The van der Waals surface area contributed by atoms with Crippen LogP contribution in [0.2, 0.25) is 10.0 Å². The van der Waals surface area contributed by atoms with Gasteiger partial charge in [-0.25, -0.2) is 4.98 Å². The van der Waals surface area contributed by atoms with Crippen LogP contribution in [0.1, 0.15) is 10.4 Å². The van der Waals surface area contributed by atoms with E-state index in [-0.39, 0.29) is 11.0 Å². The molecule has 0 radical (unpaired) electrons. The number of rotatable bonds is 3. The van der Waals surface area contributed by atoms with Gasteiger partial charge in [0.25, 0.3) is 5.91 Å². The summed E-state index contributed by atoms with van der Waals surface area (Å²) in [7, 11) is 0. The number of halogens is 3. The Labute approximate surface area is 200 Å². The maximum Gasteiger partial charge on any atom is 0.258 e. The number of hydrogen-bond donors (Lipinski definition) is 2. The maximum atomic E-state index is 12.5. The molecule has 1 heterocycles. The predicted octanol–water partition coefficient (Wildman–Crippen LogP) is 7.16. The molecule has 0 aliphatic carbocycles. The lowest BCUT2D eigenvalue weighted by Gasteiger charge is -2.15. The van der Waals surface area contributed by atoms with Gasteiger partial charge in [-0.15, -0.1) is 11.3 Å². The highest BCUT2D eigenvalue weighted by Gasteiger charge is 2.18. The molecule has 30 heavy (non-hydrogen) atoms. The smallest absolute Gasteiger partial charge is 0.258 e. The van der Waals surface area contributed by atoms with Crippen LogP contribution in [-0.2, 0) is 0 Å². The zero-order valence-corrected chi connectivity index (χ0v) is 19.8. The van der Waals surface area contributed by atoms with E-state index in [2.05, 4.69) is 31.5 Å². The summed E-state index contributed by atoms with van der Waals surface area (Å²) in [5, 5.41) is 7.40. The molecular weight excluding hydrogens is 525 g/mol. The number of benzene rings is 3. The molecule has 0 unspecified atom stereocenters. The average Bonchev–Trinajstić information content (AvgIpc) is 3.14. The number of aromatic nitrogens is 1. The van der Waals surface area contributed by atoms with Crippen molar-refractivity contribution in [3.63, 3.8) is 0 Å². The van der Waals surface area contributed by atoms with Gasteiger partial charge in [0.05, 0.1) is 26.5 Å². The summed E-state index contributed by atoms with van der Waals surface area (Å²) in [4.78, 5) is 17.2. The number of fused-ring (bicyclic) bond motifs is 1. The van der Waals surface area contributed by atoms with E-state index in [1.807, 2.05) is 30.3 Å². The van der Waals surface area contributed by atoms with Crippen molar-refractivity contribution >= 4 is 89.6 Å². The van der Waals surface area contributed by atoms with Crippen LogP contribution in [0.25, 0.3) is 20.8 Å². The molecule has 4 nitrogen and oxygen atoms in total. The second kappa shape index (κ2) is 8.99. The fourth-order valence-corrected chi connectivity index (χ4v) is 5.01. The van der Waals surface area contributed by atoms with Crippen LogP contribution in [0.15, 0.2) is 65.1 Å².